The molecule has 3 nitrogen and oxygen atoms in total. The van der Waals surface area contributed by atoms with Gasteiger partial charge in [-0.3, -0.25) is 0 Å². The van der Waals surface area contributed by atoms with Crippen LogP contribution in [0.4, 0.5) is 0 Å². The molecule has 2 N–H and O–H groups in total. The largest absolute Gasteiger partial charge is 0.385 e. The van der Waals surface area contributed by atoms with Gasteiger partial charge in [-0.15, -0.1) is 0 Å². The number of hydrogen-bond donors (Lipinski definition) is 2. The molecule has 2 saturated heterocycles. The molecule has 3 rings (SSSR count). The summed E-state index contributed by atoms with van der Waals surface area (Å²) in [6.07, 6.45) is 1.49. The Morgan fingerprint density at radius 2 is 1.63 bits per heavy atom. The Bertz CT molecular complexity index is 486. The van der Waals surface area contributed by atoms with Crippen LogP contribution >= 0.6 is 0 Å². The summed E-state index contributed by atoms with van der Waals surface area (Å²) in [5.74, 6) is 0. The van der Waals surface area contributed by atoms with E-state index in [1.54, 1.807) is 0 Å². The lowest BCUT2D eigenvalue weighted by molar-refractivity contribution is -0.0805. The van der Waals surface area contributed by atoms with Gasteiger partial charge in [-0.25, -0.2) is 0 Å². The van der Waals surface area contributed by atoms with Gasteiger partial charge in [-0.05, 0) is 55.9 Å². The topological polar surface area (TPSA) is 41.5 Å². The molecule has 2 aliphatic heterocycles. The molecular weight excluding hydrogens is 238 g/mol. The molecule has 1 aromatic rings. The van der Waals surface area contributed by atoms with E-state index in [9.17, 15) is 5.11 Å². The van der Waals surface area contributed by atoms with Crippen molar-refractivity contribution >= 4 is 0 Å². The van der Waals surface area contributed by atoms with Crippen molar-refractivity contribution < 1.29 is 9.84 Å². The van der Waals surface area contributed by atoms with E-state index in [1.165, 1.54) is 16.7 Å². The molecule has 2 heterocycles. The van der Waals surface area contributed by atoms with E-state index < -0.39 is 5.60 Å². The van der Waals surface area contributed by atoms with Crippen LogP contribution in [-0.2, 0) is 10.3 Å². The fourth-order valence-electron chi connectivity index (χ4n) is 3.60. The summed E-state index contributed by atoms with van der Waals surface area (Å²) >= 11 is 0. The third kappa shape index (κ3) is 2.31. The number of nitrogens with one attached hydrogen (secondary N) is 1. The minimum Gasteiger partial charge on any atom is -0.385 e. The summed E-state index contributed by atoms with van der Waals surface area (Å²) in [6, 6.07) is 4.92. The second kappa shape index (κ2) is 4.58. The highest BCUT2D eigenvalue weighted by molar-refractivity contribution is 5.40. The molecule has 0 spiro atoms. The van der Waals surface area contributed by atoms with Crippen molar-refractivity contribution in [2.24, 2.45) is 0 Å². The summed E-state index contributed by atoms with van der Waals surface area (Å²) in [7, 11) is 0. The second-order valence-electron chi connectivity index (χ2n) is 6.29. The molecule has 0 aliphatic carbocycles. The molecule has 0 radical (unpaired) electrons. The first kappa shape index (κ1) is 13.1. The van der Waals surface area contributed by atoms with E-state index in [4.69, 9.17) is 4.74 Å². The predicted octanol–water partition coefficient (Wildman–Crippen LogP) is 1.95. The van der Waals surface area contributed by atoms with Crippen LogP contribution in [0.25, 0.3) is 0 Å². The van der Waals surface area contributed by atoms with Crippen LogP contribution in [0.1, 0.15) is 35.1 Å². The van der Waals surface area contributed by atoms with Crippen LogP contribution in [-0.4, -0.2) is 30.4 Å². The van der Waals surface area contributed by atoms with E-state index in [1.807, 2.05) is 0 Å². The Labute approximate surface area is 115 Å². The maximum absolute atomic E-state index is 11.1. The normalized spacial score (nSPS) is 34.3. The number of aryl methyl sites for hydroxylation is 3. The molecular formula is C16H23NO2. The average Bonchev–Trinajstić information content (AvgIpc) is 2.33. The highest BCUT2D eigenvalue weighted by Gasteiger charge is 2.43. The fourth-order valence-corrected chi connectivity index (χ4v) is 3.60. The number of hydrogen-bond acceptors (Lipinski definition) is 3. The fraction of sp³-hybridized carbons (Fsp3) is 0.625. The van der Waals surface area contributed by atoms with Crippen LogP contribution in [0.5, 0.6) is 0 Å². The number of morpholine rings is 1. The van der Waals surface area contributed by atoms with E-state index in [0.717, 1.165) is 18.4 Å². The van der Waals surface area contributed by atoms with Crippen LogP contribution in [0.3, 0.4) is 0 Å². The van der Waals surface area contributed by atoms with Crippen molar-refractivity contribution in [1.29, 1.82) is 0 Å². The number of piperidine rings is 1. The first-order chi connectivity index (χ1) is 8.98. The highest BCUT2D eigenvalue weighted by Crippen LogP contribution is 2.38. The summed E-state index contributed by atoms with van der Waals surface area (Å²) in [4.78, 5) is 0. The van der Waals surface area contributed by atoms with Gasteiger partial charge < -0.3 is 15.2 Å². The molecule has 2 bridgehead atoms. The van der Waals surface area contributed by atoms with Crippen LogP contribution in [0.15, 0.2) is 12.1 Å². The number of aliphatic hydroxyl groups is 1. The van der Waals surface area contributed by atoms with Gasteiger partial charge >= 0.3 is 0 Å². The summed E-state index contributed by atoms with van der Waals surface area (Å²) in [5.41, 5.74) is 4.16. The molecule has 2 unspecified atom stereocenters. The molecule has 3 heteroatoms. The zero-order chi connectivity index (χ0) is 13.6. The summed E-state index contributed by atoms with van der Waals surface area (Å²) in [5, 5.41) is 14.7. The number of fused-ring (bicyclic) bond motifs is 2. The minimum absolute atomic E-state index is 0.276. The standard InChI is InChI=1S/C16H23NO2/c1-10-4-12(3)15(5-11(10)2)16(18)6-13-8-19-9-14(7-16)17-13/h4-5,13-14,17-18H,6-9H2,1-3H3. The van der Waals surface area contributed by atoms with Crippen LogP contribution in [0.2, 0.25) is 0 Å². The molecule has 0 aromatic heterocycles. The number of benzene rings is 1. The summed E-state index contributed by atoms with van der Waals surface area (Å²) in [6.45, 7) is 7.77. The molecule has 2 fully saturated rings. The third-order valence-corrected chi connectivity index (χ3v) is 4.62. The monoisotopic (exact) mass is 261 g/mol. The van der Waals surface area contributed by atoms with Gasteiger partial charge in [0.05, 0.1) is 18.8 Å². The van der Waals surface area contributed by atoms with Gasteiger partial charge in [0.2, 0.25) is 0 Å². The predicted molar refractivity (Wildman–Crippen MR) is 75.3 cm³/mol. The van der Waals surface area contributed by atoms with Gasteiger partial charge in [0, 0.05) is 12.1 Å². The first-order valence-corrected chi connectivity index (χ1v) is 7.12. The van der Waals surface area contributed by atoms with Crippen molar-refractivity contribution in [3.8, 4) is 0 Å². The third-order valence-electron chi connectivity index (χ3n) is 4.62. The number of rotatable bonds is 1. The Kier molecular flexibility index (Phi) is 3.16. The summed E-state index contributed by atoms with van der Waals surface area (Å²) < 4.78 is 5.57. The van der Waals surface area contributed by atoms with E-state index >= 15 is 0 Å². The van der Waals surface area contributed by atoms with Crippen molar-refractivity contribution in [3.63, 3.8) is 0 Å². The van der Waals surface area contributed by atoms with Crippen LogP contribution in [0, 0.1) is 20.8 Å². The van der Waals surface area contributed by atoms with Crippen molar-refractivity contribution in [3.05, 3.63) is 34.4 Å². The maximum Gasteiger partial charge on any atom is 0.0930 e. The smallest absolute Gasteiger partial charge is 0.0930 e. The lowest BCUT2D eigenvalue weighted by Gasteiger charge is -2.45. The van der Waals surface area contributed by atoms with E-state index in [2.05, 4.69) is 38.2 Å². The van der Waals surface area contributed by atoms with Gasteiger partial charge in [0.25, 0.3) is 0 Å². The van der Waals surface area contributed by atoms with E-state index in [-0.39, 0.29) is 12.1 Å². The van der Waals surface area contributed by atoms with Gasteiger partial charge in [-0.1, -0.05) is 12.1 Å². The quantitative estimate of drug-likeness (QED) is 0.812. The Morgan fingerprint density at radius 1 is 1.05 bits per heavy atom. The molecule has 104 valence electrons. The maximum atomic E-state index is 11.1. The van der Waals surface area contributed by atoms with Gasteiger partial charge in [-0.2, -0.15) is 0 Å². The van der Waals surface area contributed by atoms with Crippen LogP contribution < -0.4 is 5.32 Å². The molecule has 1 aromatic carbocycles. The zero-order valence-corrected chi connectivity index (χ0v) is 12.0. The average molecular weight is 261 g/mol. The van der Waals surface area contributed by atoms with E-state index in [0.29, 0.717) is 13.2 Å². The van der Waals surface area contributed by atoms with Gasteiger partial charge in [0.15, 0.2) is 0 Å². The highest BCUT2D eigenvalue weighted by atomic mass is 16.5. The SMILES string of the molecule is Cc1cc(C)c(C2(O)CC3COCC(C2)N3)cc1C. The van der Waals surface area contributed by atoms with Gasteiger partial charge in [0.1, 0.15) is 0 Å². The second-order valence-corrected chi connectivity index (χ2v) is 6.29. The number of ether oxygens (including phenoxy) is 1. The van der Waals surface area contributed by atoms with Crippen molar-refractivity contribution in [2.75, 3.05) is 13.2 Å². The molecule has 0 saturated carbocycles. The molecule has 0 amide bonds. The molecule has 19 heavy (non-hydrogen) atoms. The molecule has 2 atom stereocenters. The lowest BCUT2D eigenvalue weighted by Crippen LogP contribution is -2.58. The van der Waals surface area contributed by atoms with Crippen molar-refractivity contribution in [1.82, 2.24) is 5.32 Å². The lowest BCUT2D eigenvalue weighted by atomic mass is 9.76. The zero-order valence-electron chi connectivity index (χ0n) is 12.0. The first-order valence-electron chi connectivity index (χ1n) is 7.12. The Morgan fingerprint density at radius 3 is 2.26 bits per heavy atom. The molecule has 2 aliphatic rings. The minimum atomic E-state index is -0.701. The Balaban J connectivity index is 1.98. The Hall–Kier alpha value is -0.900. The van der Waals surface area contributed by atoms with Crippen molar-refractivity contribution in [2.45, 2.75) is 51.3 Å².